The number of ketones is 1. The van der Waals surface area contributed by atoms with E-state index in [4.69, 9.17) is 4.99 Å². The maximum atomic E-state index is 12.9. The number of hydrogen-bond acceptors (Lipinski definition) is 3. The van der Waals surface area contributed by atoms with Gasteiger partial charge in [-0.3, -0.25) is 14.8 Å². The van der Waals surface area contributed by atoms with E-state index in [-0.39, 0.29) is 11.3 Å². The Kier molecular flexibility index (Phi) is 3.72. The second-order valence-electron chi connectivity index (χ2n) is 7.22. The summed E-state index contributed by atoms with van der Waals surface area (Å²) in [5.41, 5.74) is 4.72. The van der Waals surface area contributed by atoms with E-state index >= 15 is 0 Å². The van der Waals surface area contributed by atoms with Crippen LogP contribution in [0.3, 0.4) is 0 Å². The van der Waals surface area contributed by atoms with Crippen LogP contribution in [0.2, 0.25) is 0 Å². The third-order valence-electron chi connectivity index (χ3n) is 4.64. The van der Waals surface area contributed by atoms with Gasteiger partial charge in [0, 0.05) is 17.1 Å². The van der Waals surface area contributed by atoms with Gasteiger partial charge in [0.1, 0.15) is 0 Å². The molecule has 0 spiro atoms. The third-order valence-corrected chi connectivity index (χ3v) is 4.64. The summed E-state index contributed by atoms with van der Waals surface area (Å²) < 4.78 is 0. The largest absolute Gasteiger partial charge is 0.294 e. The first kappa shape index (κ1) is 15.7. The topological polar surface area (TPSA) is 42.3 Å². The van der Waals surface area contributed by atoms with Gasteiger partial charge in [-0.15, -0.1) is 0 Å². The van der Waals surface area contributed by atoms with E-state index < -0.39 is 0 Å². The molecule has 2 heterocycles. The Hall–Kier alpha value is -2.81. The van der Waals surface area contributed by atoms with Crippen molar-refractivity contribution in [2.45, 2.75) is 32.2 Å². The van der Waals surface area contributed by atoms with Crippen molar-refractivity contribution in [2.75, 3.05) is 0 Å². The van der Waals surface area contributed by atoms with Crippen molar-refractivity contribution in [3.05, 3.63) is 77.5 Å². The fourth-order valence-electron chi connectivity index (χ4n) is 3.53. The number of nitrogens with zero attached hydrogens (tertiary/aromatic N) is 2. The van der Waals surface area contributed by atoms with E-state index in [1.807, 2.05) is 36.4 Å². The highest BCUT2D eigenvalue weighted by Gasteiger charge is 2.27. The molecule has 0 radical (unpaired) electrons. The quantitative estimate of drug-likeness (QED) is 0.658. The zero-order chi connectivity index (χ0) is 17.4. The smallest absolute Gasteiger partial charge is 0.168 e. The van der Waals surface area contributed by atoms with Crippen LogP contribution in [0.5, 0.6) is 0 Å². The molecule has 0 saturated carbocycles. The van der Waals surface area contributed by atoms with Gasteiger partial charge < -0.3 is 0 Å². The molecule has 0 unspecified atom stereocenters. The van der Waals surface area contributed by atoms with Crippen molar-refractivity contribution in [1.82, 2.24) is 4.98 Å². The first-order valence-electron chi connectivity index (χ1n) is 8.57. The Bertz CT molecular complexity index is 1000. The van der Waals surface area contributed by atoms with E-state index in [0.717, 1.165) is 28.6 Å². The molecule has 3 nitrogen and oxygen atoms in total. The van der Waals surface area contributed by atoms with E-state index in [2.05, 4.69) is 37.0 Å². The van der Waals surface area contributed by atoms with Gasteiger partial charge in [-0.2, -0.15) is 0 Å². The number of aromatic nitrogens is 1. The number of rotatable bonds is 3. The Morgan fingerprint density at radius 1 is 1.08 bits per heavy atom. The average Bonchev–Trinajstić information content (AvgIpc) is 2.60. The van der Waals surface area contributed by atoms with Gasteiger partial charge in [-0.05, 0) is 55.7 Å². The number of benzene rings is 2. The van der Waals surface area contributed by atoms with E-state index in [1.165, 1.54) is 5.56 Å². The number of carbonyl (C=O) groups excluding carboxylic acids is 1. The minimum atomic E-state index is -0.169. The van der Waals surface area contributed by atoms with E-state index in [0.29, 0.717) is 12.0 Å². The monoisotopic (exact) mass is 328 g/mol. The first-order valence-corrected chi connectivity index (χ1v) is 8.57. The Morgan fingerprint density at radius 2 is 1.92 bits per heavy atom. The molecule has 0 aliphatic carbocycles. The van der Waals surface area contributed by atoms with Crippen LogP contribution in [0, 0.1) is 0 Å². The van der Waals surface area contributed by atoms with Crippen molar-refractivity contribution in [1.29, 1.82) is 0 Å². The minimum Gasteiger partial charge on any atom is -0.294 e. The van der Waals surface area contributed by atoms with Crippen LogP contribution in [0.25, 0.3) is 10.9 Å². The second-order valence-corrected chi connectivity index (χ2v) is 7.22. The number of pyridine rings is 1. The zero-order valence-electron chi connectivity index (χ0n) is 14.5. The van der Waals surface area contributed by atoms with Crippen LogP contribution in [-0.2, 0) is 6.42 Å². The molecule has 1 aromatic heterocycles. The summed E-state index contributed by atoms with van der Waals surface area (Å²) in [5, 5.41) is 0.986. The SMILES string of the molecule is CC1(C)Cc2ccccc2C(CC(=O)c2ccc3ncccc3c2)=N1. The molecule has 0 N–H and O–H groups in total. The molecule has 0 atom stereocenters. The fraction of sp³-hybridized carbons (Fsp3) is 0.227. The molecule has 25 heavy (non-hydrogen) atoms. The van der Waals surface area contributed by atoms with Crippen LogP contribution >= 0.6 is 0 Å². The van der Waals surface area contributed by atoms with Crippen LogP contribution in [0.4, 0.5) is 0 Å². The summed E-state index contributed by atoms with van der Waals surface area (Å²) in [4.78, 5) is 22.1. The van der Waals surface area contributed by atoms with Crippen molar-refractivity contribution in [3.63, 3.8) is 0 Å². The minimum absolute atomic E-state index is 0.0945. The lowest BCUT2D eigenvalue weighted by Crippen LogP contribution is -2.29. The molecule has 124 valence electrons. The molecule has 2 aromatic carbocycles. The molecule has 0 saturated heterocycles. The van der Waals surface area contributed by atoms with E-state index in [1.54, 1.807) is 6.20 Å². The third kappa shape index (κ3) is 3.10. The molecule has 0 fully saturated rings. The Labute approximate surface area is 147 Å². The lowest BCUT2D eigenvalue weighted by molar-refractivity contribution is 0.100. The molecular weight excluding hydrogens is 308 g/mol. The highest BCUT2D eigenvalue weighted by molar-refractivity contribution is 6.17. The second kappa shape index (κ2) is 5.92. The van der Waals surface area contributed by atoms with Gasteiger partial charge in [-0.25, -0.2) is 0 Å². The van der Waals surface area contributed by atoms with Gasteiger partial charge in [0.25, 0.3) is 0 Å². The first-order chi connectivity index (χ1) is 12.0. The lowest BCUT2D eigenvalue weighted by atomic mass is 9.85. The van der Waals surface area contributed by atoms with Crippen LogP contribution in [0.1, 0.15) is 41.8 Å². The summed E-state index contributed by atoms with van der Waals surface area (Å²) in [6.07, 6.45) is 2.99. The van der Waals surface area contributed by atoms with Crippen LogP contribution in [0.15, 0.2) is 65.8 Å². The number of aliphatic imine (C=N–C) groups is 1. The molecule has 3 heteroatoms. The number of hydrogen-bond donors (Lipinski definition) is 0. The van der Waals surface area contributed by atoms with Crippen molar-refractivity contribution < 1.29 is 4.79 Å². The van der Waals surface area contributed by atoms with Gasteiger partial charge in [0.05, 0.1) is 23.2 Å². The maximum absolute atomic E-state index is 12.9. The fourth-order valence-corrected chi connectivity index (χ4v) is 3.53. The Morgan fingerprint density at radius 3 is 2.80 bits per heavy atom. The van der Waals surface area contributed by atoms with Crippen LogP contribution in [-0.4, -0.2) is 22.0 Å². The molecule has 3 aromatic rings. The average molecular weight is 328 g/mol. The summed E-state index contributed by atoms with van der Waals surface area (Å²) >= 11 is 0. The predicted octanol–water partition coefficient (Wildman–Crippen LogP) is 4.63. The summed E-state index contributed by atoms with van der Waals surface area (Å²) in [7, 11) is 0. The van der Waals surface area contributed by atoms with Crippen LogP contribution < -0.4 is 0 Å². The highest BCUT2D eigenvalue weighted by Crippen LogP contribution is 2.28. The number of fused-ring (bicyclic) bond motifs is 2. The zero-order valence-corrected chi connectivity index (χ0v) is 14.5. The highest BCUT2D eigenvalue weighted by atomic mass is 16.1. The van der Waals surface area contributed by atoms with Gasteiger partial charge >= 0.3 is 0 Å². The number of Topliss-reactive ketones (excluding diaryl/α,β-unsaturated/α-hetero) is 1. The van der Waals surface area contributed by atoms with Crippen molar-refractivity contribution >= 4 is 22.4 Å². The molecule has 0 amide bonds. The van der Waals surface area contributed by atoms with Crippen molar-refractivity contribution in [2.24, 2.45) is 4.99 Å². The molecule has 4 rings (SSSR count). The summed E-state index contributed by atoms with van der Waals surface area (Å²) in [6.45, 7) is 4.24. The van der Waals surface area contributed by atoms with Gasteiger partial charge in [0.2, 0.25) is 0 Å². The molecule has 1 aliphatic heterocycles. The Balaban J connectivity index is 1.68. The van der Waals surface area contributed by atoms with E-state index in [9.17, 15) is 4.79 Å². The predicted molar refractivity (Wildman–Crippen MR) is 101 cm³/mol. The lowest BCUT2D eigenvalue weighted by Gasteiger charge is -2.29. The molecular formula is C22H20N2O. The molecule has 0 bridgehead atoms. The maximum Gasteiger partial charge on any atom is 0.168 e. The van der Waals surface area contributed by atoms with Gasteiger partial charge in [0.15, 0.2) is 5.78 Å². The van der Waals surface area contributed by atoms with Gasteiger partial charge in [-0.1, -0.05) is 30.3 Å². The molecule has 1 aliphatic rings. The normalized spacial score (nSPS) is 15.5. The number of carbonyl (C=O) groups is 1. The van der Waals surface area contributed by atoms with Crippen molar-refractivity contribution in [3.8, 4) is 0 Å². The standard InChI is InChI=1S/C22H20N2O/c1-22(2)14-17-6-3-4-8-18(17)20(24-22)13-21(25)16-9-10-19-15(12-16)7-5-11-23-19/h3-12H,13-14H2,1-2H3. The summed E-state index contributed by atoms with van der Waals surface area (Å²) in [5.74, 6) is 0.0945. The summed E-state index contributed by atoms with van der Waals surface area (Å²) in [6, 6.07) is 17.8.